The first-order valence-corrected chi connectivity index (χ1v) is 4.32. The van der Waals surface area contributed by atoms with Crippen LogP contribution in [0.25, 0.3) is 0 Å². The number of nitrogens with one attached hydrogen (secondary N) is 1. The van der Waals surface area contributed by atoms with Crippen LogP contribution in [0.5, 0.6) is 0 Å². The molecule has 0 fully saturated rings. The lowest BCUT2D eigenvalue weighted by atomic mass is 10.1. The minimum Gasteiger partial charge on any atom is -0.312 e. The van der Waals surface area contributed by atoms with E-state index in [-0.39, 0.29) is 5.82 Å². The molecule has 0 amide bonds. The van der Waals surface area contributed by atoms with Gasteiger partial charge in [-0.25, -0.2) is 4.39 Å². The highest BCUT2D eigenvalue weighted by Crippen LogP contribution is 2.18. The van der Waals surface area contributed by atoms with E-state index in [0.29, 0.717) is 5.56 Å². The van der Waals surface area contributed by atoms with Crippen molar-refractivity contribution < 1.29 is 4.39 Å². The lowest BCUT2D eigenvalue weighted by Gasteiger charge is -2.11. The second kappa shape index (κ2) is 3.98. The van der Waals surface area contributed by atoms with Crippen LogP contribution in [-0.2, 0) is 0 Å². The Balaban J connectivity index is 3.04. The smallest absolute Gasteiger partial charge is 0.129 e. The van der Waals surface area contributed by atoms with Crippen molar-refractivity contribution in [3.05, 3.63) is 34.1 Å². The molecule has 0 saturated heterocycles. The van der Waals surface area contributed by atoms with Crippen LogP contribution in [0, 0.1) is 5.82 Å². The van der Waals surface area contributed by atoms with Crippen LogP contribution in [0.4, 0.5) is 4.39 Å². The summed E-state index contributed by atoms with van der Waals surface area (Å²) >= 11 is 3.24. The average molecular weight is 233 g/mol. The zero-order valence-electron chi connectivity index (χ0n) is 6.64. The first-order chi connectivity index (χ1) is 5.65. The quantitative estimate of drug-likeness (QED) is 0.764. The summed E-state index contributed by atoms with van der Waals surface area (Å²) in [5.74, 6) is -0.292. The lowest BCUT2D eigenvalue weighted by molar-refractivity contribution is 0.548. The van der Waals surface area contributed by atoms with Gasteiger partial charge in [0.15, 0.2) is 0 Å². The first-order valence-electron chi connectivity index (χ1n) is 3.53. The van der Waals surface area contributed by atoms with Crippen LogP contribution >= 0.6 is 15.9 Å². The molecular weight excluding hydrogens is 223 g/mol. The number of hydrogen-bond acceptors (Lipinski definition) is 2. The molecule has 0 aliphatic rings. The van der Waals surface area contributed by atoms with Gasteiger partial charge < -0.3 is 11.1 Å². The predicted molar refractivity (Wildman–Crippen MR) is 50.1 cm³/mol. The van der Waals surface area contributed by atoms with Crippen LogP contribution in [0.1, 0.15) is 11.7 Å². The summed E-state index contributed by atoms with van der Waals surface area (Å²) in [7, 11) is 1.69. The molecule has 3 N–H and O–H groups in total. The van der Waals surface area contributed by atoms with E-state index in [9.17, 15) is 4.39 Å². The Labute approximate surface area is 79.1 Å². The van der Waals surface area contributed by atoms with E-state index < -0.39 is 6.17 Å². The van der Waals surface area contributed by atoms with Gasteiger partial charge in [0.2, 0.25) is 0 Å². The van der Waals surface area contributed by atoms with Crippen molar-refractivity contribution in [2.75, 3.05) is 7.05 Å². The van der Waals surface area contributed by atoms with E-state index in [0.717, 1.165) is 4.47 Å². The van der Waals surface area contributed by atoms with Gasteiger partial charge in [-0.2, -0.15) is 0 Å². The molecule has 0 aliphatic carbocycles. The Morgan fingerprint density at radius 2 is 2.25 bits per heavy atom. The highest BCUT2D eigenvalue weighted by atomic mass is 79.9. The number of halogens is 2. The highest BCUT2D eigenvalue weighted by molar-refractivity contribution is 9.10. The number of benzene rings is 1. The lowest BCUT2D eigenvalue weighted by Crippen LogP contribution is -2.25. The SMILES string of the molecule is CNC(N)c1cc(Br)ccc1F. The van der Waals surface area contributed by atoms with Crippen molar-refractivity contribution in [2.45, 2.75) is 6.17 Å². The summed E-state index contributed by atoms with van der Waals surface area (Å²) < 4.78 is 13.9. The first kappa shape index (κ1) is 9.64. The third-order valence-electron chi connectivity index (χ3n) is 1.60. The van der Waals surface area contributed by atoms with Gasteiger partial charge in [-0.05, 0) is 25.2 Å². The minimum absolute atomic E-state index is 0.292. The molecule has 0 radical (unpaired) electrons. The van der Waals surface area contributed by atoms with Crippen LogP contribution in [0.2, 0.25) is 0 Å². The second-order valence-corrected chi connectivity index (χ2v) is 3.35. The summed E-state index contributed by atoms with van der Waals surface area (Å²) in [6, 6.07) is 4.69. The third kappa shape index (κ3) is 2.03. The maximum atomic E-state index is 13.1. The predicted octanol–water partition coefficient (Wildman–Crippen LogP) is 1.76. The standard InChI is InChI=1S/C8H10BrFN2/c1-12-8(11)6-4-5(9)2-3-7(6)10/h2-4,8,12H,11H2,1H3. The molecule has 0 bridgehead atoms. The van der Waals surface area contributed by atoms with E-state index in [2.05, 4.69) is 21.2 Å². The van der Waals surface area contributed by atoms with Gasteiger partial charge in [-0.1, -0.05) is 15.9 Å². The third-order valence-corrected chi connectivity index (χ3v) is 2.10. The van der Waals surface area contributed by atoms with Gasteiger partial charge in [0, 0.05) is 10.0 Å². The molecule has 4 heteroatoms. The zero-order chi connectivity index (χ0) is 9.14. The number of nitrogens with two attached hydrogens (primary N) is 1. The fraction of sp³-hybridized carbons (Fsp3) is 0.250. The molecule has 2 nitrogen and oxygen atoms in total. The topological polar surface area (TPSA) is 38.0 Å². The van der Waals surface area contributed by atoms with Gasteiger partial charge >= 0.3 is 0 Å². The van der Waals surface area contributed by atoms with Crippen molar-refractivity contribution in [1.82, 2.24) is 5.32 Å². The molecule has 1 atom stereocenters. The fourth-order valence-corrected chi connectivity index (χ4v) is 1.29. The van der Waals surface area contributed by atoms with E-state index in [1.807, 2.05) is 0 Å². The molecule has 1 rings (SSSR count). The molecule has 0 spiro atoms. The van der Waals surface area contributed by atoms with Crippen LogP contribution in [0.15, 0.2) is 22.7 Å². The second-order valence-electron chi connectivity index (χ2n) is 2.43. The molecule has 12 heavy (non-hydrogen) atoms. The Morgan fingerprint density at radius 1 is 1.58 bits per heavy atom. The maximum absolute atomic E-state index is 13.1. The van der Waals surface area contributed by atoms with Gasteiger partial charge in [0.1, 0.15) is 5.82 Å². The summed E-state index contributed by atoms with van der Waals surface area (Å²) in [4.78, 5) is 0. The van der Waals surface area contributed by atoms with Crippen LogP contribution in [-0.4, -0.2) is 7.05 Å². The van der Waals surface area contributed by atoms with Crippen LogP contribution in [0.3, 0.4) is 0 Å². The zero-order valence-corrected chi connectivity index (χ0v) is 8.23. The number of rotatable bonds is 2. The molecule has 1 aromatic carbocycles. The van der Waals surface area contributed by atoms with Gasteiger partial charge in [0.25, 0.3) is 0 Å². The Bertz CT molecular complexity index is 278. The minimum atomic E-state index is -0.456. The van der Waals surface area contributed by atoms with Gasteiger partial charge in [-0.3, -0.25) is 0 Å². The monoisotopic (exact) mass is 232 g/mol. The molecule has 0 saturated carbocycles. The highest BCUT2D eigenvalue weighted by Gasteiger charge is 2.08. The maximum Gasteiger partial charge on any atom is 0.129 e. The molecular formula is C8H10BrFN2. The molecule has 1 aromatic rings. The van der Waals surface area contributed by atoms with Gasteiger partial charge in [0.05, 0.1) is 6.17 Å². The summed E-state index contributed by atoms with van der Waals surface area (Å²) in [6.07, 6.45) is -0.456. The molecule has 0 heterocycles. The van der Waals surface area contributed by atoms with E-state index >= 15 is 0 Å². The van der Waals surface area contributed by atoms with Crippen molar-refractivity contribution in [3.63, 3.8) is 0 Å². The largest absolute Gasteiger partial charge is 0.312 e. The molecule has 0 aromatic heterocycles. The fourth-order valence-electron chi connectivity index (χ4n) is 0.908. The Hall–Kier alpha value is -0.450. The van der Waals surface area contributed by atoms with Crippen molar-refractivity contribution >= 4 is 15.9 Å². The Morgan fingerprint density at radius 3 is 2.83 bits per heavy atom. The average Bonchev–Trinajstić information content (AvgIpc) is 2.08. The molecule has 0 aliphatic heterocycles. The summed E-state index contributed by atoms with van der Waals surface area (Å²) in [5.41, 5.74) is 6.06. The Kier molecular flexibility index (Phi) is 3.20. The van der Waals surface area contributed by atoms with Crippen LogP contribution < -0.4 is 11.1 Å². The number of hydrogen-bond donors (Lipinski definition) is 2. The summed E-state index contributed by atoms with van der Waals surface area (Å²) in [5, 5.41) is 2.77. The van der Waals surface area contributed by atoms with Crippen molar-refractivity contribution in [3.8, 4) is 0 Å². The van der Waals surface area contributed by atoms with Gasteiger partial charge in [-0.15, -0.1) is 0 Å². The van der Waals surface area contributed by atoms with E-state index in [1.165, 1.54) is 6.07 Å². The summed E-state index contributed by atoms with van der Waals surface area (Å²) in [6.45, 7) is 0. The van der Waals surface area contributed by atoms with Crippen molar-refractivity contribution in [2.24, 2.45) is 5.73 Å². The van der Waals surface area contributed by atoms with E-state index in [1.54, 1.807) is 19.2 Å². The normalized spacial score (nSPS) is 13.0. The molecule has 66 valence electrons. The van der Waals surface area contributed by atoms with Crippen molar-refractivity contribution in [1.29, 1.82) is 0 Å². The molecule has 1 unspecified atom stereocenters. The van der Waals surface area contributed by atoms with E-state index in [4.69, 9.17) is 5.73 Å².